The molecule has 1 aromatic heterocycles. The first-order valence-corrected chi connectivity index (χ1v) is 7.66. The van der Waals surface area contributed by atoms with Crippen LogP contribution in [0, 0.1) is 0 Å². The van der Waals surface area contributed by atoms with Gasteiger partial charge in [-0.05, 0) is 24.5 Å². The summed E-state index contributed by atoms with van der Waals surface area (Å²) in [5, 5.41) is 7.25. The number of nitrogens with zero attached hydrogens (tertiary/aromatic N) is 1. The molecule has 0 saturated carbocycles. The van der Waals surface area contributed by atoms with Crippen LogP contribution in [-0.4, -0.2) is 10.2 Å². The molecular weight excluding hydrogens is 326 g/mol. The largest absolute Gasteiger partial charge is 0.382 e. The van der Waals surface area contributed by atoms with Crippen LogP contribution in [0.1, 0.15) is 11.3 Å². The molecule has 0 aliphatic carbocycles. The van der Waals surface area contributed by atoms with Gasteiger partial charge in [-0.25, -0.2) is 0 Å². The minimum Gasteiger partial charge on any atom is -0.382 e. The van der Waals surface area contributed by atoms with Crippen LogP contribution in [0.4, 0.5) is 5.82 Å². The molecule has 0 radical (unpaired) electrons. The van der Waals surface area contributed by atoms with E-state index in [1.807, 2.05) is 24.3 Å². The summed E-state index contributed by atoms with van der Waals surface area (Å²) in [5.74, 6) is 0.546. The highest BCUT2D eigenvalue weighted by molar-refractivity contribution is 9.10. The number of anilines is 1. The Morgan fingerprint density at radius 1 is 0.952 bits per heavy atom. The molecule has 0 unspecified atom stereocenters. The third-order valence-electron chi connectivity index (χ3n) is 3.52. The Kier molecular flexibility index (Phi) is 4.06. The van der Waals surface area contributed by atoms with Gasteiger partial charge in [-0.1, -0.05) is 64.5 Å². The molecule has 2 aromatic carbocycles. The summed E-state index contributed by atoms with van der Waals surface area (Å²) in [5.41, 5.74) is 10.5. The average molecular weight is 342 g/mol. The fourth-order valence-corrected chi connectivity index (χ4v) is 2.94. The SMILES string of the molecule is Nc1n[nH]c(CCc2ccccc2)c1-c1ccccc1Br. The highest BCUT2D eigenvalue weighted by Crippen LogP contribution is 2.34. The molecule has 0 aliphatic rings. The van der Waals surface area contributed by atoms with Crippen molar-refractivity contribution in [3.8, 4) is 11.1 Å². The summed E-state index contributed by atoms with van der Waals surface area (Å²) in [6.07, 6.45) is 1.84. The molecule has 3 N–H and O–H groups in total. The lowest BCUT2D eigenvalue weighted by Gasteiger charge is -2.07. The van der Waals surface area contributed by atoms with Gasteiger partial charge in [0.25, 0.3) is 0 Å². The standard InChI is InChI=1S/C17H16BrN3/c18-14-9-5-4-8-13(14)16-15(20-21-17(16)19)11-10-12-6-2-1-3-7-12/h1-9H,10-11H2,(H3,19,20,21). The van der Waals surface area contributed by atoms with Crippen LogP contribution < -0.4 is 5.73 Å². The lowest BCUT2D eigenvalue weighted by atomic mass is 10.0. The van der Waals surface area contributed by atoms with Crippen LogP contribution in [0.25, 0.3) is 11.1 Å². The van der Waals surface area contributed by atoms with E-state index in [2.05, 4.69) is 56.5 Å². The van der Waals surface area contributed by atoms with Gasteiger partial charge < -0.3 is 5.73 Å². The summed E-state index contributed by atoms with van der Waals surface area (Å²) in [6.45, 7) is 0. The van der Waals surface area contributed by atoms with Gasteiger partial charge in [-0.3, -0.25) is 5.10 Å². The van der Waals surface area contributed by atoms with Crippen molar-refractivity contribution in [2.45, 2.75) is 12.8 Å². The number of nitrogen functional groups attached to an aromatic ring is 1. The van der Waals surface area contributed by atoms with E-state index in [-0.39, 0.29) is 0 Å². The van der Waals surface area contributed by atoms with Gasteiger partial charge in [0.15, 0.2) is 5.82 Å². The number of nitrogens with two attached hydrogens (primary N) is 1. The summed E-state index contributed by atoms with van der Waals surface area (Å²) in [7, 11) is 0. The van der Waals surface area contributed by atoms with Crippen molar-refractivity contribution in [2.75, 3.05) is 5.73 Å². The smallest absolute Gasteiger partial charge is 0.153 e. The molecule has 0 atom stereocenters. The van der Waals surface area contributed by atoms with Crippen molar-refractivity contribution >= 4 is 21.7 Å². The Labute approximate surface area is 132 Å². The molecule has 21 heavy (non-hydrogen) atoms. The zero-order valence-corrected chi connectivity index (χ0v) is 13.1. The second-order valence-corrected chi connectivity index (χ2v) is 5.78. The van der Waals surface area contributed by atoms with Crippen LogP contribution in [0.3, 0.4) is 0 Å². The van der Waals surface area contributed by atoms with Gasteiger partial charge in [0.05, 0.1) is 0 Å². The molecular formula is C17H16BrN3. The molecule has 106 valence electrons. The Morgan fingerprint density at radius 3 is 2.43 bits per heavy atom. The van der Waals surface area contributed by atoms with Gasteiger partial charge in [0.2, 0.25) is 0 Å². The molecule has 3 rings (SSSR count). The fraction of sp³-hybridized carbons (Fsp3) is 0.118. The lowest BCUT2D eigenvalue weighted by molar-refractivity contribution is 0.895. The van der Waals surface area contributed by atoms with Crippen LogP contribution in [0.15, 0.2) is 59.1 Å². The molecule has 1 heterocycles. The molecule has 0 bridgehead atoms. The molecule has 0 fully saturated rings. The predicted octanol–water partition coefficient (Wildman–Crippen LogP) is 4.21. The summed E-state index contributed by atoms with van der Waals surface area (Å²) in [4.78, 5) is 0. The van der Waals surface area contributed by atoms with Crippen LogP contribution in [-0.2, 0) is 12.8 Å². The average Bonchev–Trinajstić information content (AvgIpc) is 2.88. The molecule has 0 amide bonds. The van der Waals surface area contributed by atoms with Crippen molar-refractivity contribution in [3.05, 3.63) is 70.3 Å². The Morgan fingerprint density at radius 2 is 1.67 bits per heavy atom. The zero-order valence-electron chi connectivity index (χ0n) is 11.5. The van der Waals surface area contributed by atoms with Crippen molar-refractivity contribution in [1.29, 1.82) is 0 Å². The van der Waals surface area contributed by atoms with Crippen LogP contribution >= 0.6 is 15.9 Å². The van der Waals surface area contributed by atoms with Gasteiger partial charge in [-0.15, -0.1) is 0 Å². The first-order chi connectivity index (χ1) is 10.3. The quantitative estimate of drug-likeness (QED) is 0.746. The third kappa shape index (κ3) is 3.00. The zero-order chi connectivity index (χ0) is 14.7. The van der Waals surface area contributed by atoms with E-state index in [0.717, 1.165) is 34.1 Å². The van der Waals surface area contributed by atoms with E-state index >= 15 is 0 Å². The molecule has 0 spiro atoms. The second-order valence-electron chi connectivity index (χ2n) is 4.93. The fourth-order valence-electron chi connectivity index (χ4n) is 2.45. The van der Waals surface area contributed by atoms with E-state index in [4.69, 9.17) is 5.73 Å². The predicted molar refractivity (Wildman–Crippen MR) is 90.0 cm³/mol. The molecule has 4 heteroatoms. The minimum absolute atomic E-state index is 0.546. The number of hydrogen-bond acceptors (Lipinski definition) is 2. The monoisotopic (exact) mass is 341 g/mol. The van der Waals surface area contributed by atoms with E-state index in [1.165, 1.54) is 5.56 Å². The normalized spacial score (nSPS) is 10.7. The molecule has 0 aliphatic heterocycles. The second kappa shape index (κ2) is 6.14. The first kappa shape index (κ1) is 13.9. The maximum atomic E-state index is 6.05. The topological polar surface area (TPSA) is 54.7 Å². The number of rotatable bonds is 4. The number of hydrogen-bond donors (Lipinski definition) is 2. The summed E-state index contributed by atoms with van der Waals surface area (Å²) in [6, 6.07) is 18.5. The van der Waals surface area contributed by atoms with Gasteiger partial charge >= 0.3 is 0 Å². The number of aromatic nitrogens is 2. The van der Waals surface area contributed by atoms with Crippen molar-refractivity contribution in [3.63, 3.8) is 0 Å². The van der Waals surface area contributed by atoms with E-state index in [0.29, 0.717) is 5.82 Å². The highest BCUT2D eigenvalue weighted by Gasteiger charge is 2.15. The van der Waals surface area contributed by atoms with E-state index < -0.39 is 0 Å². The molecule has 3 nitrogen and oxygen atoms in total. The molecule has 3 aromatic rings. The number of benzene rings is 2. The third-order valence-corrected chi connectivity index (χ3v) is 4.21. The number of aromatic amines is 1. The summed E-state index contributed by atoms with van der Waals surface area (Å²) >= 11 is 3.58. The van der Waals surface area contributed by atoms with Crippen molar-refractivity contribution in [1.82, 2.24) is 10.2 Å². The van der Waals surface area contributed by atoms with Crippen LogP contribution in [0.2, 0.25) is 0 Å². The number of nitrogens with one attached hydrogen (secondary N) is 1. The maximum absolute atomic E-state index is 6.05. The van der Waals surface area contributed by atoms with E-state index in [1.54, 1.807) is 0 Å². The van der Waals surface area contributed by atoms with E-state index in [9.17, 15) is 0 Å². The highest BCUT2D eigenvalue weighted by atomic mass is 79.9. The van der Waals surface area contributed by atoms with Crippen molar-refractivity contribution < 1.29 is 0 Å². The Balaban J connectivity index is 1.89. The van der Waals surface area contributed by atoms with Gasteiger partial charge in [0, 0.05) is 21.3 Å². The Hall–Kier alpha value is -2.07. The summed E-state index contributed by atoms with van der Waals surface area (Å²) < 4.78 is 1.03. The van der Waals surface area contributed by atoms with Crippen LogP contribution in [0.5, 0.6) is 0 Å². The minimum atomic E-state index is 0.546. The van der Waals surface area contributed by atoms with Gasteiger partial charge in [0.1, 0.15) is 0 Å². The number of aryl methyl sites for hydroxylation is 2. The molecule has 0 saturated heterocycles. The number of halogens is 1. The first-order valence-electron chi connectivity index (χ1n) is 6.87. The number of H-pyrrole nitrogens is 1. The maximum Gasteiger partial charge on any atom is 0.153 e. The van der Waals surface area contributed by atoms with Crippen molar-refractivity contribution in [2.24, 2.45) is 0 Å². The van der Waals surface area contributed by atoms with Gasteiger partial charge in [-0.2, -0.15) is 5.10 Å². The Bertz CT molecular complexity index is 735. The lowest BCUT2D eigenvalue weighted by Crippen LogP contribution is -1.95.